The monoisotopic (exact) mass is 259 g/mol. The number of rotatable bonds is 5. The number of nitrogens with one attached hydrogen (secondary N) is 1. The number of carbonyl (C=O) groups is 1. The topological polar surface area (TPSA) is 46.9 Å². The predicted octanol–water partition coefficient (Wildman–Crippen LogP) is 1.46. The second kappa shape index (κ2) is 5.26. The number of ketones is 1. The van der Waals surface area contributed by atoms with Crippen molar-refractivity contribution in [1.29, 1.82) is 0 Å². The van der Waals surface area contributed by atoms with E-state index in [1.165, 1.54) is 0 Å². The summed E-state index contributed by atoms with van der Waals surface area (Å²) < 4.78 is 2.46. The van der Waals surface area contributed by atoms with Gasteiger partial charge < -0.3 is 5.32 Å². The maximum Gasteiger partial charge on any atom is 0.195 e. The largest absolute Gasteiger partial charge is 0.310 e. The molecule has 0 atom stereocenters. The maximum atomic E-state index is 11.7. The highest BCUT2D eigenvalue weighted by Gasteiger charge is 2.15. The number of nitrogens with zero attached hydrogens (tertiary/aromatic N) is 2. The van der Waals surface area contributed by atoms with Crippen molar-refractivity contribution >= 4 is 21.7 Å². The Labute approximate surface area is 91.8 Å². The summed E-state index contributed by atoms with van der Waals surface area (Å²) in [6.07, 6.45) is 1.66. The Hall–Kier alpha value is -0.680. The first-order chi connectivity index (χ1) is 6.70. The van der Waals surface area contributed by atoms with Gasteiger partial charge in [0.2, 0.25) is 0 Å². The fourth-order valence-electron chi connectivity index (χ4n) is 1.20. The summed E-state index contributed by atoms with van der Waals surface area (Å²) >= 11 is 3.32. The molecule has 0 aromatic carbocycles. The molecule has 0 aliphatic heterocycles. The van der Waals surface area contributed by atoms with E-state index in [1.807, 2.05) is 13.8 Å². The van der Waals surface area contributed by atoms with E-state index in [-0.39, 0.29) is 5.78 Å². The van der Waals surface area contributed by atoms with Gasteiger partial charge in [0, 0.05) is 6.54 Å². The second-order valence-corrected chi connectivity index (χ2v) is 3.71. The zero-order chi connectivity index (χ0) is 10.6. The molecule has 0 amide bonds. The lowest BCUT2D eigenvalue weighted by Gasteiger charge is -2.04. The molecule has 78 valence electrons. The number of carbonyl (C=O) groups excluding carboxylic acids is 1. The van der Waals surface area contributed by atoms with Gasteiger partial charge in [-0.1, -0.05) is 6.92 Å². The molecule has 5 heteroatoms. The van der Waals surface area contributed by atoms with Crippen LogP contribution in [0.15, 0.2) is 10.7 Å². The highest BCUT2D eigenvalue weighted by molar-refractivity contribution is 9.10. The summed E-state index contributed by atoms with van der Waals surface area (Å²) in [6, 6.07) is 0. The molecule has 0 saturated heterocycles. The van der Waals surface area contributed by atoms with Gasteiger partial charge in [0.15, 0.2) is 5.78 Å². The smallest absolute Gasteiger partial charge is 0.195 e. The quantitative estimate of drug-likeness (QED) is 0.815. The molecule has 1 heterocycles. The minimum atomic E-state index is 0.0677. The molecule has 0 radical (unpaired) electrons. The van der Waals surface area contributed by atoms with Gasteiger partial charge in [-0.3, -0.25) is 9.48 Å². The molecular weight excluding hydrogens is 246 g/mol. The molecule has 1 aromatic heterocycles. The average molecular weight is 260 g/mol. The third-order valence-corrected chi connectivity index (χ3v) is 2.47. The molecule has 0 unspecified atom stereocenters. The van der Waals surface area contributed by atoms with Crippen molar-refractivity contribution in [3.63, 3.8) is 0 Å². The van der Waals surface area contributed by atoms with Gasteiger partial charge in [0.25, 0.3) is 0 Å². The standard InChI is InChI=1S/C9H14BrN3O/c1-3-11-6-8(14)9-7(10)5-12-13(9)4-2/h5,11H,3-4,6H2,1-2H3. The Bertz CT molecular complexity index is 322. The van der Waals surface area contributed by atoms with Crippen LogP contribution in [0.4, 0.5) is 0 Å². The predicted molar refractivity (Wildman–Crippen MR) is 58.5 cm³/mol. The Kier molecular flexibility index (Phi) is 4.28. The van der Waals surface area contributed by atoms with Crippen LogP contribution in [0.25, 0.3) is 0 Å². The van der Waals surface area contributed by atoms with E-state index in [0.717, 1.165) is 11.0 Å². The summed E-state index contributed by atoms with van der Waals surface area (Å²) in [6.45, 7) is 5.80. The van der Waals surface area contributed by atoms with Gasteiger partial charge in [-0.2, -0.15) is 5.10 Å². The van der Waals surface area contributed by atoms with Gasteiger partial charge in [0.05, 0.1) is 17.2 Å². The number of Topliss-reactive ketones (excluding diaryl/α,β-unsaturated/α-hetero) is 1. The van der Waals surface area contributed by atoms with Crippen molar-refractivity contribution in [2.45, 2.75) is 20.4 Å². The highest BCUT2D eigenvalue weighted by atomic mass is 79.9. The molecule has 0 fully saturated rings. The number of halogens is 1. The van der Waals surface area contributed by atoms with E-state index in [0.29, 0.717) is 18.8 Å². The molecule has 1 rings (SSSR count). The molecule has 0 bridgehead atoms. The molecule has 0 spiro atoms. The second-order valence-electron chi connectivity index (χ2n) is 2.86. The summed E-state index contributed by atoms with van der Waals surface area (Å²) in [5, 5.41) is 7.09. The number of aromatic nitrogens is 2. The Morgan fingerprint density at radius 2 is 2.36 bits per heavy atom. The van der Waals surface area contributed by atoms with E-state index in [1.54, 1.807) is 10.9 Å². The van der Waals surface area contributed by atoms with Gasteiger partial charge in [-0.05, 0) is 29.4 Å². The fraction of sp³-hybridized carbons (Fsp3) is 0.556. The van der Waals surface area contributed by atoms with Crippen LogP contribution in [0.5, 0.6) is 0 Å². The van der Waals surface area contributed by atoms with Gasteiger partial charge in [-0.15, -0.1) is 0 Å². The molecule has 0 aliphatic carbocycles. The minimum absolute atomic E-state index is 0.0677. The van der Waals surface area contributed by atoms with Crippen LogP contribution in [0.2, 0.25) is 0 Å². The minimum Gasteiger partial charge on any atom is -0.310 e. The lowest BCUT2D eigenvalue weighted by atomic mass is 10.3. The summed E-state index contributed by atoms with van der Waals surface area (Å²) in [5.41, 5.74) is 0.647. The molecule has 1 N–H and O–H groups in total. The Morgan fingerprint density at radius 3 is 2.93 bits per heavy atom. The van der Waals surface area contributed by atoms with Crippen LogP contribution >= 0.6 is 15.9 Å². The van der Waals surface area contributed by atoms with Crippen molar-refractivity contribution in [3.05, 3.63) is 16.4 Å². The molecule has 1 aromatic rings. The van der Waals surface area contributed by atoms with E-state index >= 15 is 0 Å². The van der Waals surface area contributed by atoms with Crippen LogP contribution in [-0.2, 0) is 6.54 Å². The number of hydrogen-bond acceptors (Lipinski definition) is 3. The Balaban J connectivity index is 2.82. The summed E-state index contributed by atoms with van der Waals surface area (Å²) in [4.78, 5) is 11.7. The SMILES string of the molecule is CCNCC(=O)c1c(Br)cnn1CC. The molecule has 14 heavy (non-hydrogen) atoms. The number of hydrogen-bond donors (Lipinski definition) is 1. The number of aryl methyl sites for hydroxylation is 1. The normalized spacial score (nSPS) is 10.5. The number of likely N-dealkylation sites (N-methyl/N-ethyl adjacent to an activating group) is 1. The van der Waals surface area contributed by atoms with Crippen molar-refractivity contribution in [1.82, 2.24) is 15.1 Å². The zero-order valence-electron chi connectivity index (χ0n) is 8.38. The van der Waals surface area contributed by atoms with Crippen LogP contribution < -0.4 is 5.32 Å². The van der Waals surface area contributed by atoms with Crippen molar-refractivity contribution < 1.29 is 4.79 Å². The fourth-order valence-corrected chi connectivity index (χ4v) is 1.72. The molecule has 4 nitrogen and oxygen atoms in total. The van der Waals surface area contributed by atoms with E-state index in [9.17, 15) is 4.79 Å². The van der Waals surface area contributed by atoms with E-state index in [4.69, 9.17) is 0 Å². The highest BCUT2D eigenvalue weighted by Crippen LogP contribution is 2.16. The maximum absolute atomic E-state index is 11.7. The van der Waals surface area contributed by atoms with E-state index in [2.05, 4.69) is 26.3 Å². The summed E-state index contributed by atoms with van der Waals surface area (Å²) in [7, 11) is 0. The zero-order valence-corrected chi connectivity index (χ0v) is 9.97. The lowest BCUT2D eigenvalue weighted by molar-refractivity contribution is 0.0981. The van der Waals surface area contributed by atoms with Crippen LogP contribution in [0, 0.1) is 0 Å². The third-order valence-electron chi connectivity index (χ3n) is 1.89. The van der Waals surface area contributed by atoms with Gasteiger partial charge in [-0.25, -0.2) is 0 Å². The van der Waals surface area contributed by atoms with E-state index < -0.39 is 0 Å². The van der Waals surface area contributed by atoms with Crippen molar-refractivity contribution in [2.75, 3.05) is 13.1 Å². The molecule has 0 aliphatic rings. The van der Waals surface area contributed by atoms with Gasteiger partial charge >= 0.3 is 0 Å². The first-order valence-corrected chi connectivity index (χ1v) is 5.45. The first kappa shape index (κ1) is 11.4. The van der Waals surface area contributed by atoms with Gasteiger partial charge in [0.1, 0.15) is 5.69 Å². The average Bonchev–Trinajstić information content (AvgIpc) is 2.56. The third kappa shape index (κ3) is 2.42. The molecule has 0 saturated carbocycles. The van der Waals surface area contributed by atoms with Crippen molar-refractivity contribution in [2.24, 2.45) is 0 Å². The first-order valence-electron chi connectivity index (χ1n) is 4.65. The molecular formula is C9H14BrN3O. The van der Waals surface area contributed by atoms with Crippen LogP contribution in [0.1, 0.15) is 24.3 Å². The Morgan fingerprint density at radius 1 is 1.64 bits per heavy atom. The van der Waals surface area contributed by atoms with Crippen LogP contribution in [0.3, 0.4) is 0 Å². The van der Waals surface area contributed by atoms with Crippen molar-refractivity contribution in [3.8, 4) is 0 Å². The summed E-state index contributed by atoms with van der Waals surface area (Å²) in [5.74, 6) is 0.0677. The van der Waals surface area contributed by atoms with Crippen LogP contribution in [-0.4, -0.2) is 28.7 Å². The lowest BCUT2D eigenvalue weighted by Crippen LogP contribution is -2.24.